The molecular formula is C28H32F3N7O2. The van der Waals surface area contributed by atoms with Crippen LogP contribution in [0.15, 0.2) is 61.1 Å². The molecule has 0 saturated carbocycles. The molecule has 0 bridgehead atoms. The highest BCUT2D eigenvalue weighted by Crippen LogP contribution is 2.37. The minimum Gasteiger partial charge on any atom is -0.495 e. The average molecular weight is 556 g/mol. The van der Waals surface area contributed by atoms with Gasteiger partial charge in [0, 0.05) is 55.0 Å². The molecule has 12 heteroatoms. The van der Waals surface area contributed by atoms with Crippen LogP contribution in [0.5, 0.6) is 5.75 Å². The quantitative estimate of drug-likeness (QED) is 0.347. The third-order valence-electron chi connectivity index (χ3n) is 6.30. The first-order valence-electron chi connectivity index (χ1n) is 12.5. The number of hydrogen-bond donors (Lipinski definition) is 3. The van der Waals surface area contributed by atoms with Crippen molar-refractivity contribution in [2.75, 3.05) is 57.0 Å². The van der Waals surface area contributed by atoms with Crippen LogP contribution in [0.25, 0.3) is 5.70 Å². The molecule has 3 N–H and O–H groups in total. The molecule has 0 radical (unpaired) electrons. The molecule has 0 spiro atoms. The Morgan fingerprint density at radius 1 is 1.12 bits per heavy atom. The molecule has 0 saturated heterocycles. The molecule has 40 heavy (non-hydrogen) atoms. The number of hydrazine groups is 2. The number of halogens is 3. The lowest BCUT2D eigenvalue weighted by atomic mass is 10.1. The number of hydrogen-bond acceptors (Lipinski definition) is 8. The molecule has 2 aromatic carbocycles. The number of pyridine rings is 1. The first-order valence-corrected chi connectivity index (χ1v) is 12.5. The molecule has 4 rings (SSSR count). The van der Waals surface area contributed by atoms with Gasteiger partial charge in [-0.25, -0.2) is 0 Å². The maximum Gasteiger partial charge on any atom is 0.418 e. The largest absolute Gasteiger partial charge is 0.495 e. The van der Waals surface area contributed by atoms with Crippen molar-refractivity contribution in [1.29, 1.82) is 0 Å². The van der Waals surface area contributed by atoms with E-state index in [2.05, 4.69) is 21.2 Å². The third kappa shape index (κ3) is 6.64. The van der Waals surface area contributed by atoms with Gasteiger partial charge in [0.05, 0.1) is 30.3 Å². The molecule has 212 valence electrons. The third-order valence-corrected chi connectivity index (χ3v) is 6.30. The Kier molecular flexibility index (Phi) is 8.50. The van der Waals surface area contributed by atoms with Crippen molar-refractivity contribution in [1.82, 2.24) is 20.4 Å². The molecule has 2 heterocycles. The molecule has 0 atom stereocenters. The molecule has 3 aromatic rings. The first kappa shape index (κ1) is 28.7. The van der Waals surface area contributed by atoms with Gasteiger partial charge >= 0.3 is 6.18 Å². The fourth-order valence-corrected chi connectivity index (χ4v) is 4.15. The number of methoxy groups -OCH3 is 1. The van der Waals surface area contributed by atoms with Crippen LogP contribution in [0, 0.1) is 6.92 Å². The molecular weight excluding hydrogens is 523 g/mol. The van der Waals surface area contributed by atoms with E-state index in [4.69, 9.17) is 4.74 Å². The lowest BCUT2D eigenvalue weighted by molar-refractivity contribution is -0.136. The number of nitrogens with zero attached hydrogens (tertiary/aromatic N) is 4. The normalized spacial score (nSPS) is 13.5. The van der Waals surface area contributed by atoms with E-state index >= 15 is 0 Å². The van der Waals surface area contributed by atoms with Crippen LogP contribution in [-0.4, -0.2) is 62.1 Å². The van der Waals surface area contributed by atoms with Crippen molar-refractivity contribution in [3.8, 4) is 5.75 Å². The van der Waals surface area contributed by atoms with E-state index in [1.807, 2.05) is 45.2 Å². The number of amides is 1. The summed E-state index contributed by atoms with van der Waals surface area (Å²) in [7, 11) is 7.09. The average Bonchev–Trinajstić information content (AvgIpc) is 3.30. The Morgan fingerprint density at radius 3 is 2.60 bits per heavy atom. The highest BCUT2D eigenvalue weighted by molar-refractivity contribution is 6.05. The second kappa shape index (κ2) is 11.8. The maximum absolute atomic E-state index is 13.8. The molecule has 1 amide bonds. The molecule has 1 aromatic heterocycles. The van der Waals surface area contributed by atoms with Crippen LogP contribution in [0.3, 0.4) is 0 Å². The summed E-state index contributed by atoms with van der Waals surface area (Å²) >= 11 is 0. The molecule has 0 aliphatic carbocycles. The molecule has 0 fully saturated rings. The Hall–Kier alpha value is -4.29. The van der Waals surface area contributed by atoms with Crippen molar-refractivity contribution in [3.05, 3.63) is 83.3 Å². The summed E-state index contributed by atoms with van der Waals surface area (Å²) in [5.41, 5.74) is 5.87. The number of carbonyl (C=O) groups is 1. The van der Waals surface area contributed by atoms with Crippen LogP contribution >= 0.6 is 0 Å². The van der Waals surface area contributed by atoms with E-state index in [0.29, 0.717) is 24.5 Å². The summed E-state index contributed by atoms with van der Waals surface area (Å²) in [6, 6.07) is 10.7. The second-order valence-corrected chi connectivity index (χ2v) is 9.60. The van der Waals surface area contributed by atoms with Gasteiger partial charge in [-0.3, -0.25) is 19.8 Å². The summed E-state index contributed by atoms with van der Waals surface area (Å²) in [5, 5.41) is 8.99. The first-order chi connectivity index (χ1) is 19.0. The maximum atomic E-state index is 13.8. The van der Waals surface area contributed by atoms with Crippen LogP contribution < -0.4 is 25.9 Å². The van der Waals surface area contributed by atoms with Gasteiger partial charge in [-0.1, -0.05) is 6.07 Å². The highest BCUT2D eigenvalue weighted by Gasteiger charge is 2.34. The zero-order valence-corrected chi connectivity index (χ0v) is 22.9. The summed E-state index contributed by atoms with van der Waals surface area (Å²) < 4.78 is 46.6. The Bertz CT molecular complexity index is 1410. The van der Waals surface area contributed by atoms with Crippen LogP contribution in [0.2, 0.25) is 0 Å². The SMILES string of the molecule is COc1cncc(C2=CN(c3cc(C(=O)Nc4ccc(NCCN(C)C)c(C(F)(F)F)c4)ccc3C)NN2C)c1. The number of aryl methyl sites for hydroxylation is 1. The standard InChI is InChI=1S/C28H32F3N7O2/c1-18-6-7-19(13-25(18)38-17-26(37(4)35-38)20-12-22(40-5)16-32-15-20)27(39)34-21-8-9-24(33-10-11-36(2)3)23(14-21)28(29,30)31/h6-9,12-17,33,35H,10-11H2,1-5H3,(H,34,39). The van der Waals surface area contributed by atoms with E-state index in [0.717, 1.165) is 22.9 Å². The van der Waals surface area contributed by atoms with Gasteiger partial charge in [-0.05, 0) is 63.0 Å². The van der Waals surface area contributed by atoms with Gasteiger partial charge in [-0.15, -0.1) is 5.53 Å². The summed E-state index contributed by atoms with van der Waals surface area (Å²) in [6.45, 7) is 2.81. The van der Waals surface area contributed by atoms with E-state index in [9.17, 15) is 18.0 Å². The zero-order chi connectivity index (χ0) is 29.0. The number of alkyl halides is 3. The van der Waals surface area contributed by atoms with E-state index in [1.54, 1.807) is 47.7 Å². The number of aromatic nitrogens is 1. The van der Waals surface area contributed by atoms with Crippen LogP contribution in [-0.2, 0) is 6.18 Å². The van der Waals surface area contributed by atoms with Gasteiger partial charge in [0.2, 0.25) is 0 Å². The predicted octanol–water partition coefficient (Wildman–Crippen LogP) is 4.81. The van der Waals surface area contributed by atoms with Crippen LogP contribution in [0.4, 0.5) is 30.2 Å². The minimum atomic E-state index is -4.59. The predicted molar refractivity (Wildman–Crippen MR) is 150 cm³/mol. The Labute approximate surface area is 231 Å². The van der Waals surface area contributed by atoms with Gasteiger partial charge in [0.25, 0.3) is 5.91 Å². The van der Waals surface area contributed by atoms with Crippen LogP contribution in [0.1, 0.15) is 27.0 Å². The van der Waals surface area contributed by atoms with Crippen molar-refractivity contribution < 1.29 is 22.7 Å². The number of ether oxygens (including phenoxy) is 1. The summed E-state index contributed by atoms with van der Waals surface area (Å²) in [4.78, 5) is 19.2. The van der Waals surface area contributed by atoms with Gasteiger partial charge < -0.3 is 20.3 Å². The zero-order valence-electron chi connectivity index (χ0n) is 22.9. The molecule has 9 nitrogen and oxygen atoms in total. The number of likely N-dealkylation sites (N-methyl/N-ethyl adjacent to an activating group) is 1. The van der Waals surface area contributed by atoms with E-state index in [-0.39, 0.29) is 16.9 Å². The highest BCUT2D eigenvalue weighted by atomic mass is 19.4. The van der Waals surface area contributed by atoms with Gasteiger partial charge in [0.15, 0.2) is 0 Å². The number of anilines is 3. The minimum absolute atomic E-state index is 0.0389. The number of benzene rings is 2. The van der Waals surface area contributed by atoms with E-state index in [1.165, 1.54) is 12.1 Å². The molecule has 0 unspecified atom stereocenters. The summed E-state index contributed by atoms with van der Waals surface area (Å²) in [5.74, 6) is 0.0857. The molecule has 1 aliphatic heterocycles. The Balaban J connectivity index is 1.55. The van der Waals surface area contributed by atoms with Gasteiger partial charge in [-0.2, -0.15) is 13.2 Å². The lowest BCUT2D eigenvalue weighted by Crippen LogP contribution is -2.38. The number of nitrogens with one attached hydrogen (secondary N) is 3. The van der Waals surface area contributed by atoms with E-state index < -0.39 is 17.6 Å². The van der Waals surface area contributed by atoms with Crippen molar-refractivity contribution in [2.45, 2.75) is 13.1 Å². The number of carbonyl (C=O) groups excluding carboxylic acids is 1. The second-order valence-electron chi connectivity index (χ2n) is 9.60. The lowest BCUT2D eigenvalue weighted by Gasteiger charge is -2.22. The Morgan fingerprint density at radius 2 is 1.90 bits per heavy atom. The summed E-state index contributed by atoms with van der Waals surface area (Å²) in [6.07, 6.45) is 0.598. The van der Waals surface area contributed by atoms with Crippen molar-refractivity contribution in [2.24, 2.45) is 0 Å². The van der Waals surface area contributed by atoms with Crippen molar-refractivity contribution in [3.63, 3.8) is 0 Å². The topological polar surface area (TPSA) is 85.0 Å². The fraction of sp³-hybridized carbons (Fsp3) is 0.286. The number of rotatable bonds is 9. The van der Waals surface area contributed by atoms with Gasteiger partial charge in [0.1, 0.15) is 5.75 Å². The van der Waals surface area contributed by atoms with Crippen molar-refractivity contribution >= 4 is 28.7 Å². The fourth-order valence-electron chi connectivity index (χ4n) is 4.15. The molecule has 1 aliphatic rings. The monoisotopic (exact) mass is 555 g/mol. The smallest absolute Gasteiger partial charge is 0.418 e.